The van der Waals surface area contributed by atoms with Crippen LogP contribution in [0.1, 0.15) is 0 Å². The van der Waals surface area contributed by atoms with E-state index >= 15 is 0 Å². The average molecular weight is 228 g/mol. The molecule has 0 spiro atoms. The van der Waals surface area contributed by atoms with E-state index in [1.54, 1.807) is 10.6 Å². The van der Waals surface area contributed by atoms with Crippen molar-refractivity contribution in [3.8, 4) is 17.3 Å². The Morgan fingerprint density at radius 3 is 2.82 bits per heavy atom. The van der Waals surface area contributed by atoms with Gasteiger partial charge in [0.25, 0.3) is 6.47 Å². The van der Waals surface area contributed by atoms with Crippen molar-refractivity contribution in [1.82, 2.24) is 19.8 Å². The van der Waals surface area contributed by atoms with Crippen LogP contribution in [-0.4, -0.2) is 26.3 Å². The fourth-order valence-electron chi connectivity index (χ4n) is 1.65. The lowest BCUT2D eigenvalue weighted by atomic mass is 10.2. The van der Waals surface area contributed by atoms with Gasteiger partial charge in [-0.15, -0.1) is 10.2 Å². The van der Waals surface area contributed by atoms with Gasteiger partial charge in [0.05, 0.1) is 0 Å². The average Bonchev–Trinajstić information content (AvgIpc) is 2.90. The second kappa shape index (κ2) is 3.75. The monoisotopic (exact) mass is 228 g/mol. The lowest BCUT2D eigenvalue weighted by Gasteiger charge is -1.96. The highest BCUT2D eigenvalue weighted by atomic mass is 16.5. The molecule has 6 heteroatoms. The third kappa shape index (κ3) is 1.55. The molecule has 0 aliphatic rings. The second-order valence-electron chi connectivity index (χ2n) is 3.42. The van der Waals surface area contributed by atoms with Gasteiger partial charge in [-0.1, -0.05) is 30.3 Å². The second-order valence-corrected chi connectivity index (χ2v) is 3.42. The van der Waals surface area contributed by atoms with Crippen LogP contribution in [0, 0.1) is 0 Å². The van der Waals surface area contributed by atoms with Crippen LogP contribution >= 0.6 is 0 Å². The molecule has 0 bridgehead atoms. The lowest BCUT2D eigenvalue weighted by Crippen LogP contribution is -1.93. The van der Waals surface area contributed by atoms with Crippen molar-refractivity contribution in [3.05, 3.63) is 36.4 Å². The normalized spacial score (nSPS) is 10.6. The molecule has 0 unspecified atom stereocenters. The molecule has 0 radical (unpaired) electrons. The van der Waals surface area contributed by atoms with Gasteiger partial charge in [-0.2, -0.15) is 0 Å². The Bertz CT molecular complexity index is 656. The van der Waals surface area contributed by atoms with E-state index in [2.05, 4.69) is 15.3 Å². The molecule has 0 fully saturated rings. The van der Waals surface area contributed by atoms with Crippen LogP contribution in [0.25, 0.3) is 17.0 Å². The molecule has 1 N–H and O–H groups in total. The summed E-state index contributed by atoms with van der Waals surface area (Å²) in [7, 11) is 0. The summed E-state index contributed by atoms with van der Waals surface area (Å²) in [4.78, 5) is 10.2. The van der Waals surface area contributed by atoms with Crippen molar-refractivity contribution in [1.29, 1.82) is 0 Å². The molecule has 0 atom stereocenters. The molecule has 0 saturated carbocycles. The molecule has 84 valence electrons. The number of rotatable bonds is 3. The maximum absolute atomic E-state index is 10.2. The van der Waals surface area contributed by atoms with E-state index in [0.717, 1.165) is 5.56 Å². The maximum Gasteiger partial charge on any atom is 0.299 e. The van der Waals surface area contributed by atoms with Gasteiger partial charge in [0.15, 0.2) is 11.5 Å². The summed E-state index contributed by atoms with van der Waals surface area (Å²) in [5, 5.41) is 10.9. The van der Waals surface area contributed by atoms with Gasteiger partial charge in [-0.25, -0.2) is 4.52 Å². The van der Waals surface area contributed by atoms with Gasteiger partial charge < -0.3 is 4.74 Å². The first-order valence-corrected chi connectivity index (χ1v) is 4.98. The first-order chi connectivity index (χ1) is 8.38. The predicted octanol–water partition coefficient (Wildman–Crippen LogP) is 1.26. The standard InChI is InChI=1S/C11H8N4O2/c16-7-17-10-6-9-12-13-11(15(9)14-10)8-4-2-1-3-5-8/h1-7,14H. The van der Waals surface area contributed by atoms with Crippen molar-refractivity contribution in [2.24, 2.45) is 0 Å². The van der Waals surface area contributed by atoms with Crippen molar-refractivity contribution >= 4 is 12.1 Å². The number of aromatic nitrogens is 4. The summed E-state index contributed by atoms with van der Waals surface area (Å²) in [6.45, 7) is 0.362. The van der Waals surface area contributed by atoms with Gasteiger partial charge in [-0.3, -0.25) is 9.89 Å². The molecular weight excluding hydrogens is 220 g/mol. The minimum absolute atomic E-state index is 0.335. The summed E-state index contributed by atoms with van der Waals surface area (Å²) in [6, 6.07) is 11.2. The molecule has 17 heavy (non-hydrogen) atoms. The van der Waals surface area contributed by atoms with Crippen LogP contribution < -0.4 is 4.74 Å². The number of aromatic amines is 1. The van der Waals surface area contributed by atoms with Crippen molar-refractivity contribution in [2.45, 2.75) is 0 Å². The first kappa shape index (κ1) is 9.59. The van der Waals surface area contributed by atoms with Gasteiger partial charge in [0.1, 0.15) is 0 Å². The number of nitrogens with one attached hydrogen (secondary N) is 1. The van der Waals surface area contributed by atoms with E-state index in [-0.39, 0.29) is 0 Å². The number of nitrogens with zero attached hydrogens (tertiary/aromatic N) is 3. The van der Waals surface area contributed by atoms with Crippen LogP contribution in [-0.2, 0) is 4.79 Å². The first-order valence-electron chi connectivity index (χ1n) is 4.98. The van der Waals surface area contributed by atoms with Crippen molar-refractivity contribution < 1.29 is 9.53 Å². The zero-order valence-electron chi connectivity index (χ0n) is 8.70. The largest absolute Gasteiger partial charge is 0.410 e. The molecule has 2 aromatic heterocycles. The summed E-state index contributed by atoms with van der Waals surface area (Å²) < 4.78 is 6.38. The molecule has 3 rings (SSSR count). The summed E-state index contributed by atoms with van der Waals surface area (Å²) >= 11 is 0. The van der Waals surface area contributed by atoms with E-state index in [1.807, 2.05) is 30.3 Å². The minimum atomic E-state index is 0.335. The van der Waals surface area contributed by atoms with E-state index < -0.39 is 0 Å². The van der Waals surface area contributed by atoms with Crippen molar-refractivity contribution in [2.75, 3.05) is 0 Å². The Morgan fingerprint density at radius 2 is 2.06 bits per heavy atom. The van der Waals surface area contributed by atoms with Gasteiger partial charge in [-0.05, 0) is 0 Å². The van der Waals surface area contributed by atoms with E-state index in [1.165, 1.54) is 0 Å². The number of ether oxygens (including phenoxy) is 1. The number of carbonyl (C=O) groups is 1. The van der Waals surface area contributed by atoms with E-state index in [9.17, 15) is 4.79 Å². The number of H-pyrrole nitrogens is 1. The highest BCUT2D eigenvalue weighted by molar-refractivity contribution is 5.60. The summed E-state index contributed by atoms with van der Waals surface area (Å²) in [5.41, 5.74) is 1.53. The summed E-state index contributed by atoms with van der Waals surface area (Å²) in [6.07, 6.45) is 0. The van der Waals surface area contributed by atoms with Gasteiger partial charge in [0, 0.05) is 11.6 Å². The van der Waals surface area contributed by atoms with Crippen LogP contribution in [0.3, 0.4) is 0 Å². The minimum Gasteiger partial charge on any atom is -0.410 e. The number of hydrogen-bond acceptors (Lipinski definition) is 4. The van der Waals surface area contributed by atoms with Crippen LogP contribution in [0.15, 0.2) is 36.4 Å². The van der Waals surface area contributed by atoms with E-state index in [0.29, 0.717) is 23.8 Å². The highest BCUT2D eigenvalue weighted by Gasteiger charge is 2.10. The molecular formula is C11H8N4O2. The predicted molar refractivity (Wildman–Crippen MR) is 59.5 cm³/mol. The third-order valence-electron chi connectivity index (χ3n) is 2.38. The molecule has 0 aliphatic carbocycles. The fourth-order valence-corrected chi connectivity index (χ4v) is 1.65. The van der Waals surface area contributed by atoms with E-state index in [4.69, 9.17) is 4.74 Å². The highest BCUT2D eigenvalue weighted by Crippen LogP contribution is 2.19. The zero-order chi connectivity index (χ0) is 11.7. The molecule has 6 nitrogen and oxygen atoms in total. The van der Waals surface area contributed by atoms with Crippen molar-refractivity contribution in [3.63, 3.8) is 0 Å². The molecule has 0 amide bonds. The SMILES string of the molecule is O=COc1cc2nnc(-c3ccccc3)n2[nH]1. The number of hydrogen-bond donors (Lipinski definition) is 1. The molecule has 0 saturated heterocycles. The molecule has 1 aromatic carbocycles. The van der Waals surface area contributed by atoms with Crippen LogP contribution in [0.2, 0.25) is 0 Å². The smallest absolute Gasteiger partial charge is 0.299 e. The number of carbonyl (C=O) groups excluding carboxylic acids is 1. The Morgan fingerprint density at radius 1 is 1.24 bits per heavy atom. The zero-order valence-corrected chi connectivity index (χ0v) is 8.70. The Hall–Kier alpha value is -2.63. The quantitative estimate of drug-likeness (QED) is 0.685. The topological polar surface area (TPSA) is 72.3 Å². The third-order valence-corrected chi connectivity index (χ3v) is 2.38. The fraction of sp³-hybridized carbons (Fsp3) is 0. The van der Waals surface area contributed by atoms with Crippen LogP contribution in [0.5, 0.6) is 5.88 Å². The Balaban J connectivity index is 2.14. The molecule has 2 heterocycles. The Kier molecular flexibility index (Phi) is 2.11. The number of fused-ring (bicyclic) bond motifs is 1. The maximum atomic E-state index is 10.2. The molecule has 0 aliphatic heterocycles. The van der Waals surface area contributed by atoms with Gasteiger partial charge in [0.2, 0.25) is 5.88 Å². The number of benzene rings is 1. The summed E-state index contributed by atoms with van der Waals surface area (Å²) in [5.74, 6) is 1.00. The van der Waals surface area contributed by atoms with Gasteiger partial charge >= 0.3 is 0 Å². The Labute approximate surface area is 95.8 Å². The van der Waals surface area contributed by atoms with Crippen LogP contribution in [0.4, 0.5) is 0 Å². The molecule has 3 aromatic rings. The lowest BCUT2D eigenvalue weighted by molar-refractivity contribution is -0.120.